The predicted octanol–water partition coefficient (Wildman–Crippen LogP) is 3.78. The van der Waals surface area contributed by atoms with Crippen molar-refractivity contribution in [3.8, 4) is 11.1 Å². The average Bonchev–Trinajstić information content (AvgIpc) is 2.57. The van der Waals surface area contributed by atoms with Crippen LogP contribution in [0.15, 0.2) is 36.4 Å². The quantitative estimate of drug-likeness (QED) is 0.794. The zero-order valence-electron chi connectivity index (χ0n) is 14.9. The van der Waals surface area contributed by atoms with Gasteiger partial charge in [-0.25, -0.2) is 0 Å². The summed E-state index contributed by atoms with van der Waals surface area (Å²) in [4.78, 5) is 12.0. The molecular formula is C21H26N2O2. The summed E-state index contributed by atoms with van der Waals surface area (Å²) < 4.78 is 0. The van der Waals surface area contributed by atoms with E-state index >= 15 is 0 Å². The maximum absolute atomic E-state index is 12.0. The van der Waals surface area contributed by atoms with Gasteiger partial charge in [0.25, 0.3) is 5.91 Å². The van der Waals surface area contributed by atoms with Gasteiger partial charge in [0.15, 0.2) is 0 Å². The van der Waals surface area contributed by atoms with Gasteiger partial charge in [-0.2, -0.15) is 0 Å². The Bertz CT molecular complexity index is 777. The molecular weight excluding hydrogens is 312 g/mol. The Kier molecular flexibility index (Phi) is 5.09. The van der Waals surface area contributed by atoms with Gasteiger partial charge < -0.3 is 16.2 Å². The van der Waals surface area contributed by atoms with Gasteiger partial charge in [0.05, 0.1) is 11.7 Å². The summed E-state index contributed by atoms with van der Waals surface area (Å²) in [5.41, 5.74) is 11.4. The maximum Gasteiger partial charge on any atom is 0.250 e. The molecule has 1 aliphatic carbocycles. The van der Waals surface area contributed by atoms with Crippen LogP contribution in [0.25, 0.3) is 11.1 Å². The number of nitrogens with two attached hydrogens (primary N) is 1. The number of primary amides is 1. The van der Waals surface area contributed by atoms with E-state index < -0.39 is 5.91 Å². The van der Waals surface area contributed by atoms with Crippen LogP contribution >= 0.6 is 0 Å². The third-order valence-electron chi connectivity index (χ3n) is 5.03. The van der Waals surface area contributed by atoms with E-state index in [2.05, 4.69) is 37.4 Å². The molecule has 4 N–H and O–H groups in total. The number of nitrogens with one attached hydrogen (secondary N) is 1. The minimum absolute atomic E-state index is 0.194. The van der Waals surface area contributed by atoms with E-state index in [9.17, 15) is 9.90 Å². The summed E-state index contributed by atoms with van der Waals surface area (Å²) in [6, 6.07) is 12.4. The number of carbonyl (C=O) groups excluding carboxylic acids is 1. The van der Waals surface area contributed by atoms with Crippen molar-refractivity contribution in [1.82, 2.24) is 0 Å². The molecule has 1 aliphatic rings. The van der Waals surface area contributed by atoms with Gasteiger partial charge in [0.2, 0.25) is 0 Å². The highest BCUT2D eigenvalue weighted by atomic mass is 16.3. The van der Waals surface area contributed by atoms with E-state index in [-0.39, 0.29) is 12.1 Å². The van der Waals surface area contributed by atoms with Gasteiger partial charge in [-0.05, 0) is 68.4 Å². The summed E-state index contributed by atoms with van der Waals surface area (Å²) in [5.74, 6) is -0.426. The van der Waals surface area contributed by atoms with Crippen molar-refractivity contribution in [1.29, 1.82) is 0 Å². The minimum atomic E-state index is -0.426. The molecule has 2 aromatic carbocycles. The molecule has 2 aromatic rings. The molecule has 0 saturated heterocycles. The number of amides is 1. The standard InChI is InChI=1S/C21H26N2O2/c1-13-3-9-18(14(2)11-13)15-4-10-20(19(12-15)21(22)25)23-16-5-7-17(24)8-6-16/h3-4,9-12,16-17,23-24H,5-8H2,1-2H3,(H2,22,25). The summed E-state index contributed by atoms with van der Waals surface area (Å²) in [6.07, 6.45) is 3.20. The Hall–Kier alpha value is -2.33. The van der Waals surface area contributed by atoms with E-state index in [0.29, 0.717) is 5.56 Å². The molecule has 3 rings (SSSR count). The molecule has 4 nitrogen and oxygen atoms in total. The number of benzene rings is 2. The van der Waals surface area contributed by atoms with Crippen molar-refractivity contribution in [2.45, 2.75) is 51.7 Å². The predicted molar refractivity (Wildman–Crippen MR) is 102 cm³/mol. The van der Waals surface area contributed by atoms with Gasteiger partial charge >= 0.3 is 0 Å². The van der Waals surface area contributed by atoms with E-state index in [4.69, 9.17) is 5.73 Å². The van der Waals surface area contributed by atoms with Crippen LogP contribution in [-0.4, -0.2) is 23.2 Å². The Balaban J connectivity index is 1.89. The molecule has 25 heavy (non-hydrogen) atoms. The van der Waals surface area contributed by atoms with Crippen molar-refractivity contribution in [3.63, 3.8) is 0 Å². The largest absolute Gasteiger partial charge is 0.393 e. The summed E-state index contributed by atoms with van der Waals surface area (Å²) in [7, 11) is 0. The topological polar surface area (TPSA) is 75.3 Å². The highest BCUT2D eigenvalue weighted by molar-refractivity contribution is 6.00. The first kappa shape index (κ1) is 17.5. The Labute approximate surface area is 149 Å². The molecule has 0 unspecified atom stereocenters. The van der Waals surface area contributed by atoms with Gasteiger partial charge in [-0.3, -0.25) is 4.79 Å². The van der Waals surface area contributed by atoms with Crippen LogP contribution in [0.4, 0.5) is 5.69 Å². The SMILES string of the molecule is Cc1ccc(-c2ccc(NC3CCC(O)CC3)c(C(N)=O)c2)c(C)c1. The summed E-state index contributed by atoms with van der Waals surface area (Å²) in [5, 5.41) is 13.1. The molecule has 0 radical (unpaired) electrons. The number of carbonyl (C=O) groups is 1. The van der Waals surface area contributed by atoms with E-state index in [1.807, 2.05) is 18.2 Å². The highest BCUT2D eigenvalue weighted by Gasteiger charge is 2.21. The average molecular weight is 338 g/mol. The number of aliphatic hydroxyl groups is 1. The molecule has 1 amide bonds. The van der Waals surface area contributed by atoms with Crippen LogP contribution in [0.5, 0.6) is 0 Å². The molecule has 0 aliphatic heterocycles. The second-order valence-corrected chi connectivity index (χ2v) is 7.09. The fourth-order valence-corrected chi connectivity index (χ4v) is 3.62. The van der Waals surface area contributed by atoms with E-state index in [1.54, 1.807) is 0 Å². The second-order valence-electron chi connectivity index (χ2n) is 7.09. The maximum atomic E-state index is 12.0. The fraction of sp³-hybridized carbons (Fsp3) is 0.381. The first-order valence-electron chi connectivity index (χ1n) is 8.90. The zero-order valence-corrected chi connectivity index (χ0v) is 14.9. The molecule has 1 fully saturated rings. The number of hydrogen-bond acceptors (Lipinski definition) is 3. The van der Waals surface area contributed by atoms with Gasteiger partial charge in [-0.1, -0.05) is 29.8 Å². The smallest absolute Gasteiger partial charge is 0.250 e. The van der Waals surface area contributed by atoms with Crippen molar-refractivity contribution in [2.24, 2.45) is 5.73 Å². The van der Waals surface area contributed by atoms with Crippen LogP contribution in [0.3, 0.4) is 0 Å². The number of aryl methyl sites for hydroxylation is 2. The van der Waals surface area contributed by atoms with Crippen molar-refractivity contribution >= 4 is 11.6 Å². The lowest BCUT2D eigenvalue weighted by Crippen LogP contribution is -2.29. The molecule has 0 bridgehead atoms. The third kappa shape index (κ3) is 4.02. The van der Waals surface area contributed by atoms with E-state index in [1.165, 1.54) is 11.1 Å². The normalized spacial score (nSPS) is 20.3. The van der Waals surface area contributed by atoms with Crippen LogP contribution in [0.2, 0.25) is 0 Å². The number of aliphatic hydroxyl groups excluding tert-OH is 1. The molecule has 132 valence electrons. The zero-order chi connectivity index (χ0) is 18.0. The minimum Gasteiger partial charge on any atom is -0.393 e. The molecule has 0 heterocycles. The third-order valence-corrected chi connectivity index (χ3v) is 5.03. The van der Waals surface area contributed by atoms with Gasteiger partial charge in [0, 0.05) is 11.7 Å². The molecule has 1 saturated carbocycles. The lowest BCUT2D eigenvalue weighted by molar-refractivity contribution is 0.100. The Morgan fingerprint density at radius 2 is 1.80 bits per heavy atom. The lowest BCUT2D eigenvalue weighted by atomic mass is 9.92. The van der Waals surface area contributed by atoms with Crippen LogP contribution in [0, 0.1) is 13.8 Å². The lowest BCUT2D eigenvalue weighted by Gasteiger charge is -2.27. The van der Waals surface area contributed by atoms with Crippen molar-refractivity contribution in [3.05, 3.63) is 53.1 Å². The number of anilines is 1. The fourth-order valence-electron chi connectivity index (χ4n) is 3.62. The second kappa shape index (κ2) is 7.28. The van der Waals surface area contributed by atoms with Gasteiger partial charge in [0.1, 0.15) is 0 Å². The van der Waals surface area contributed by atoms with Crippen molar-refractivity contribution < 1.29 is 9.90 Å². The first-order chi connectivity index (χ1) is 11.9. The summed E-state index contributed by atoms with van der Waals surface area (Å²) >= 11 is 0. The number of rotatable bonds is 4. The Morgan fingerprint density at radius 3 is 2.44 bits per heavy atom. The van der Waals surface area contributed by atoms with Crippen LogP contribution < -0.4 is 11.1 Å². The van der Waals surface area contributed by atoms with E-state index in [0.717, 1.165) is 42.5 Å². The summed E-state index contributed by atoms with van der Waals surface area (Å²) in [6.45, 7) is 4.14. The highest BCUT2D eigenvalue weighted by Crippen LogP contribution is 2.30. The monoisotopic (exact) mass is 338 g/mol. The Morgan fingerprint density at radius 1 is 1.08 bits per heavy atom. The van der Waals surface area contributed by atoms with Crippen molar-refractivity contribution in [2.75, 3.05) is 5.32 Å². The van der Waals surface area contributed by atoms with Crippen LogP contribution in [-0.2, 0) is 0 Å². The van der Waals surface area contributed by atoms with Gasteiger partial charge in [-0.15, -0.1) is 0 Å². The molecule has 0 aromatic heterocycles. The number of hydrogen-bond donors (Lipinski definition) is 3. The van der Waals surface area contributed by atoms with Crippen LogP contribution in [0.1, 0.15) is 47.2 Å². The molecule has 0 atom stereocenters. The first-order valence-corrected chi connectivity index (χ1v) is 8.90. The molecule has 4 heteroatoms. The molecule has 0 spiro atoms.